The van der Waals surface area contributed by atoms with Crippen molar-refractivity contribution in [3.8, 4) is 11.5 Å². The topological polar surface area (TPSA) is 127 Å². The Morgan fingerprint density at radius 3 is 2.38 bits per heavy atom. The van der Waals surface area contributed by atoms with Crippen molar-refractivity contribution in [1.29, 1.82) is 0 Å². The van der Waals surface area contributed by atoms with Gasteiger partial charge in [0, 0.05) is 5.56 Å². The Hall–Kier alpha value is -2.33. The van der Waals surface area contributed by atoms with Crippen LogP contribution in [-0.4, -0.2) is 56.0 Å². The lowest BCUT2D eigenvalue weighted by atomic mass is 10.0. The van der Waals surface area contributed by atoms with E-state index < -0.39 is 27.7 Å². The Kier molecular flexibility index (Phi) is 9.75. The first-order valence-electron chi connectivity index (χ1n) is 10.4. The Morgan fingerprint density at radius 1 is 1.12 bits per heavy atom. The van der Waals surface area contributed by atoms with Gasteiger partial charge in [-0.3, -0.25) is 9.59 Å². The molecule has 8 nitrogen and oxygen atoms in total. The largest absolute Gasteiger partial charge is 0.507 e. The summed E-state index contributed by atoms with van der Waals surface area (Å²) in [4.78, 5) is 22.9. The Labute approximate surface area is 208 Å². The van der Waals surface area contributed by atoms with E-state index >= 15 is 0 Å². The van der Waals surface area contributed by atoms with Gasteiger partial charge in [-0.25, -0.2) is 8.42 Å². The molecule has 11 heteroatoms. The van der Waals surface area contributed by atoms with Gasteiger partial charge < -0.3 is 19.7 Å². The van der Waals surface area contributed by atoms with Gasteiger partial charge in [-0.1, -0.05) is 42.6 Å². The number of sulfone groups is 1. The van der Waals surface area contributed by atoms with Crippen LogP contribution in [0.4, 0.5) is 0 Å². The highest BCUT2D eigenvalue weighted by molar-refractivity contribution is 7.91. The molecule has 1 atom stereocenters. The third-order valence-corrected chi connectivity index (χ3v) is 7.85. The van der Waals surface area contributed by atoms with Crippen LogP contribution in [0.15, 0.2) is 29.2 Å². The number of aliphatic hydroxyl groups excluding tert-OH is 1. The van der Waals surface area contributed by atoms with Crippen molar-refractivity contribution < 1.29 is 37.7 Å². The molecule has 0 aliphatic heterocycles. The van der Waals surface area contributed by atoms with Crippen molar-refractivity contribution in [3.63, 3.8) is 0 Å². The number of Topliss-reactive ketones (excluding diaryl/α,β-unsaturated/α-hetero) is 1. The smallest absolute Gasteiger partial charge is 0.310 e. The van der Waals surface area contributed by atoms with Crippen LogP contribution in [0.2, 0.25) is 10.0 Å². The first-order chi connectivity index (χ1) is 15.9. The molecule has 2 N–H and O–H groups in total. The van der Waals surface area contributed by atoms with Crippen LogP contribution >= 0.6 is 23.2 Å². The number of ether oxygens (including phenoxy) is 2. The normalized spacial score (nSPS) is 12.3. The van der Waals surface area contributed by atoms with E-state index in [1.54, 1.807) is 0 Å². The van der Waals surface area contributed by atoms with Gasteiger partial charge in [-0.15, -0.1) is 0 Å². The Bertz CT molecular complexity index is 1180. The fourth-order valence-corrected chi connectivity index (χ4v) is 5.54. The van der Waals surface area contributed by atoms with Crippen molar-refractivity contribution in [2.45, 2.75) is 44.1 Å². The van der Waals surface area contributed by atoms with Crippen molar-refractivity contribution in [1.82, 2.24) is 0 Å². The van der Waals surface area contributed by atoms with E-state index in [1.165, 1.54) is 38.3 Å². The summed E-state index contributed by atoms with van der Waals surface area (Å²) in [5.41, 5.74) is 0.862. The molecule has 2 aromatic rings. The van der Waals surface area contributed by atoms with E-state index in [2.05, 4.69) is 4.74 Å². The van der Waals surface area contributed by atoms with E-state index in [9.17, 15) is 28.2 Å². The number of halogens is 2. The summed E-state index contributed by atoms with van der Waals surface area (Å²) in [5.74, 6) is -1.52. The number of phenolic OH excluding ortho intramolecular Hbond substituents is 1. The first-order valence-corrected chi connectivity index (χ1v) is 12.8. The molecule has 2 aromatic carbocycles. The lowest BCUT2D eigenvalue weighted by Gasteiger charge is -2.17. The summed E-state index contributed by atoms with van der Waals surface area (Å²) in [7, 11) is -2.86. The minimum absolute atomic E-state index is 0.0934. The van der Waals surface area contributed by atoms with Crippen molar-refractivity contribution >= 4 is 44.8 Å². The molecule has 0 aromatic heterocycles. The first kappa shape index (κ1) is 27.9. The molecule has 0 heterocycles. The molecule has 0 radical (unpaired) electrons. The van der Waals surface area contributed by atoms with Crippen LogP contribution in [0, 0.1) is 0 Å². The molecule has 0 aliphatic rings. The second kappa shape index (κ2) is 11.9. The highest BCUT2D eigenvalue weighted by Crippen LogP contribution is 2.35. The number of carbonyl (C=O) groups excluding carboxylic acids is 2. The minimum atomic E-state index is -4.07. The fraction of sp³-hybridized carbons (Fsp3) is 0.391. The average Bonchev–Trinajstić information content (AvgIpc) is 2.76. The van der Waals surface area contributed by atoms with Crippen LogP contribution in [0.1, 0.15) is 41.8 Å². The van der Waals surface area contributed by atoms with Crippen molar-refractivity contribution in [3.05, 3.63) is 51.0 Å². The van der Waals surface area contributed by atoms with E-state index in [4.69, 9.17) is 27.9 Å². The number of rotatable bonds is 11. The summed E-state index contributed by atoms with van der Waals surface area (Å²) in [6.07, 6.45) is -0.532. The molecule has 0 saturated heterocycles. The van der Waals surface area contributed by atoms with E-state index in [0.29, 0.717) is 24.0 Å². The molecule has 0 saturated carbocycles. The predicted octanol–water partition coefficient (Wildman–Crippen LogP) is 3.78. The van der Waals surface area contributed by atoms with Gasteiger partial charge in [-0.2, -0.15) is 0 Å². The maximum absolute atomic E-state index is 12.8. The molecular weight excluding hydrogens is 507 g/mol. The highest BCUT2D eigenvalue weighted by atomic mass is 35.5. The van der Waals surface area contributed by atoms with Crippen LogP contribution in [0.3, 0.4) is 0 Å². The highest BCUT2D eigenvalue weighted by Gasteiger charge is 2.26. The third-order valence-electron chi connectivity index (χ3n) is 4.99. The predicted molar refractivity (Wildman–Crippen MR) is 128 cm³/mol. The van der Waals surface area contributed by atoms with E-state index in [0.717, 1.165) is 0 Å². The molecule has 0 fully saturated rings. The van der Waals surface area contributed by atoms with Gasteiger partial charge >= 0.3 is 5.97 Å². The maximum Gasteiger partial charge on any atom is 0.310 e. The Morgan fingerprint density at radius 2 is 1.79 bits per heavy atom. The second-order valence-corrected chi connectivity index (χ2v) is 10.4. The summed E-state index contributed by atoms with van der Waals surface area (Å²) in [6.45, 7) is 2.83. The molecule has 1 unspecified atom stereocenters. The monoisotopic (exact) mass is 532 g/mol. The molecule has 0 amide bonds. The third kappa shape index (κ3) is 6.63. The lowest BCUT2D eigenvalue weighted by Crippen LogP contribution is -2.27. The summed E-state index contributed by atoms with van der Waals surface area (Å²) < 4.78 is 35.8. The number of ketones is 1. The number of hydrogen-bond acceptors (Lipinski definition) is 8. The fourth-order valence-electron chi connectivity index (χ4n) is 3.28. The van der Waals surface area contributed by atoms with Crippen LogP contribution in [0.25, 0.3) is 0 Å². The number of carbonyl (C=O) groups is 2. The van der Waals surface area contributed by atoms with Crippen LogP contribution in [0.5, 0.6) is 11.5 Å². The van der Waals surface area contributed by atoms with Gasteiger partial charge in [0.15, 0.2) is 15.6 Å². The molecular formula is C23H26Cl2O8S. The molecule has 0 spiro atoms. The minimum Gasteiger partial charge on any atom is -0.507 e. The zero-order valence-corrected chi connectivity index (χ0v) is 21.3. The van der Waals surface area contributed by atoms with Crippen LogP contribution in [-0.2, 0) is 32.2 Å². The van der Waals surface area contributed by atoms with Gasteiger partial charge in [0.2, 0.25) is 0 Å². The van der Waals surface area contributed by atoms with Gasteiger partial charge in [0.05, 0.1) is 39.8 Å². The van der Waals surface area contributed by atoms with Crippen molar-refractivity contribution in [2.75, 3.05) is 19.5 Å². The number of esters is 1. The molecule has 0 aliphatic carbocycles. The second-order valence-electron chi connectivity index (χ2n) is 7.59. The number of phenols is 1. The number of hydrogen-bond donors (Lipinski definition) is 2. The number of benzene rings is 2. The number of aliphatic hydroxyl groups is 1. The van der Waals surface area contributed by atoms with Gasteiger partial charge in [0.25, 0.3) is 0 Å². The number of aromatic hydroxyl groups is 1. The summed E-state index contributed by atoms with van der Waals surface area (Å²) in [5, 5.41) is 20.4. The SMILES string of the molecule is CCCc1c(OCC(O)CS(=O)(=O)c2ccc(CC(=O)OC)c(Cl)c2Cl)ccc(C(C)=O)c1O. The van der Waals surface area contributed by atoms with Gasteiger partial charge in [-0.05, 0) is 37.1 Å². The zero-order chi connectivity index (χ0) is 25.6. The summed E-state index contributed by atoms with van der Waals surface area (Å²) >= 11 is 12.3. The van der Waals surface area contributed by atoms with Gasteiger partial charge in [0.1, 0.15) is 24.2 Å². The van der Waals surface area contributed by atoms with E-state index in [-0.39, 0.29) is 50.8 Å². The molecule has 2 rings (SSSR count). The zero-order valence-electron chi connectivity index (χ0n) is 18.9. The summed E-state index contributed by atoms with van der Waals surface area (Å²) in [6, 6.07) is 5.48. The quantitative estimate of drug-likeness (QED) is 0.330. The van der Waals surface area contributed by atoms with Crippen LogP contribution < -0.4 is 4.74 Å². The van der Waals surface area contributed by atoms with Crippen molar-refractivity contribution in [2.24, 2.45) is 0 Å². The molecule has 0 bridgehead atoms. The average molecular weight is 533 g/mol. The number of methoxy groups -OCH3 is 1. The standard InChI is InChI=1S/C23H26Cl2O8S/c1-4-5-17-18(8-7-16(13(2)26)23(17)29)33-11-15(27)12-34(30,31)19-9-6-14(10-20(28)32-3)21(24)22(19)25/h6-9,15,27,29H,4-5,10-12H2,1-3H3. The maximum atomic E-state index is 12.8. The molecule has 186 valence electrons. The lowest BCUT2D eigenvalue weighted by molar-refractivity contribution is -0.139. The van der Waals surface area contributed by atoms with E-state index in [1.807, 2.05) is 6.92 Å². The molecule has 34 heavy (non-hydrogen) atoms. The Balaban J connectivity index is 2.18.